The number of hydrogen-bond donors (Lipinski definition) is 0. The summed E-state index contributed by atoms with van der Waals surface area (Å²) in [5.74, 6) is 0.579. The van der Waals surface area contributed by atoms with Crippen LogP contribution in [0.5, 0.6) is 0 Å². The lowest BCUT2D eigenvalue weighted by Gasteiger charge is -2.28. The summed E-state index contributed by atoms with van der Waals surface area (Å²) >= 11 is 0. The van der Waals surface area contributed by atoms with Gasteiger partial charge in [-0.1, -0.05) is 37.1 Å². The Morgan fingerprint density at radius 3 is 2.70 bits per heavy atom. The predicted octanol–water partition coefficient (Wildman–Crippen LogP) is 3.21. The van der Waals surface area contributed by atoms with Crippen molar-refractivity contribution in [3.05, 3.63) is 35.4 Å². The number of likely N-dealkylation sites (N-methyl/N-ethyl adjacent to an activating group) is 1. The highest BCUT2D eigenvalue weighted by molar-refractivity contribution is 5.43. The number of rotatable bonds is 3. The first kappa shape index (κ1) is 13.5. The zero-order valence-corrected chi connectivity index (χ0v) is 12.1. The van der Waals surface area contributed by atoms with Crippen molar-refractivity contribution in [2.75, 3.05) is 20.1 Å². The lowest BCUT2D eigenvalue weighted by atomic mass is 9.81. The van der Waals surface area contributed by atoms with Gasteiger partial charge >= 0.3 is 0 Å². The van der Waals surface area contributed by atoms with E-state index in [9.17, 15) is 4.79 Å². The first-order valence-electron chi connectivity index (χ1n) is 7.62. The third-order valence-electron chi connectivity index (χ3n) is 4.98. The van der Waals surface area contributed by atoms with Gasteiger partial charge in [-0.3, -0.25) is 0 Å². The molecule has 1 aromatic carbocycles. The fourth-order valence-corrected chi connectivity index (χ4v) is 3.95. The molecule has 0 aromatic heterocycles. The van der Waals surface area contributed by atoms with Crippen LogP contribution in [0.2, 0.25) is 0 Å². The fraction of sp³-hybridized carbons (Fsp3) is 0.588. The van der Waals surface area contributed by atoms with Crippen LogP contribution in [0.1, 0.15) is 49.1 Å². The molecule has 1 heterocycles. The van der Waals surface area contributed by atoms with Gasteiger partial charge in [0.25, 0.3) is 0 Å². The van der Waals surface area contributed by atoms with Crippen LogP contribution in [0.25, 0.3) is 0 Å². The third kappa shape index (κ3) is 2.32. The minimum absolute atomic E-state index is 0.292. The number of carbonyl (C=O) groups excluding carboxylic acids is 1. The quantitative estimate of drug-likeness (QED) is 0.624. The van der Waals surface area contributed by atoms with Gasteiger partial charge in [0.05, 0.1) is 5.54 Å². The van der Waals surface area contributed by atoms with Gasteiger partial charge in [-0.25, -0.2) is 4.79 Å². The molecule has 1 saturated carbocycles. The minimum Gasteiger partial charge on any atom is -0.306 e. The summed E-state index contributed by atoms with van der Waals surface area (Å²) in [6.07, 6.45) is 7.33. The van der Waals surface area contributed by atoms with E-state index in [0.717, 1.165) is 38.8 Å². The Balaban J connectivity index is 2.02. The van der Waals surface area contributed by atoms with E-state index < -0.39 is 0 Å². The summed E-state index contributed by atoms with van der Waals surface area (Å²) < 4.78 is 0. The van der Waals surface area contributed by atoms with E-state index in [1.807, 2.05) is 6.08 Å². The molecule has 20 heavy (non-hydrogen) atoms. The van der Waals surface area contributed by atoms with Gasteiger partial charge in [0.2, 0.25) is 6.08 Å². The van der Waals surface area contributed by atoms with Crippen molar-refractivity contribution in [2.24, 2.45) is 4.99 Å². The SMILES string of the molecule is CN1CCC(c2ccccc2C2(N=C=O)CCCC2)C1. The molecule has 0 bridgehead atoms. The molecule has 1 saturated heterocycles. The average molecular weight is 270 g/mol. The summed E-state index contributed by atoms with van der Waals surface area (Å²) in [4.78, 5) is 17.6. The summed E-state index contributed by atoms with van der Waals surface area (Å²) in [6.45, 7) is 2.26. The Morgan fingerprint density at radius 1 is 1.30 bits per heavy atom. The molecule has 106 valence electrons. The largest absolute Gasteiger partial charge is 0.306 e. The van der Waals surface area contributed by atoms with E-state index >= 15 is 0 Å². The normalized spacial score (nSPS) is 25.6. The molecule has 3 heteroatoms. The van der Waals surface area contributed by atoms with E-state index in [1.54, 1.807) is 0 Å². The molecular formula is C17H22N2O. The van der Waals surface area contributed by atoms with Crippen molar-refractivity contribution in [2.45, 2.75) is 43.6 Å². The summed E-state index contributed by atoms with van der Waals surface area (Å²) in [5.41, 5.74) is 2.39. The summed E-state index contributed by atoms with van der Waals surface area (Å²) in [6, 6.07) is 8.61. The number of isocyanates is 1. The number of hydrogen-bond acceptors (Lipinski definition) is 3. The maximum atomic E-state index is 10.9. The second-order valence-corrected chi connectivity index (χ2v) is 6.28. The van der Waals surface area contributed by atoms with Crippen LogP contribution < -0.4 is 0 Å². The Morgan fingerprint density at radius 2 is 2.05 bits per heavy atom. The van der Waals surface area contributed by atoms with Gasteiger partial charge in [0.15, 0.2) is 0 Å². The van der Waals surface area contributed by atoms with Gasteiger partial charge in [-0.05, 0) is 49.9 Å². The van der Waals surface area contributed by atoms with E-state index in [0.29, 0.717) is 5.92 Å². The molecule has 1 atom stereocenters. The highest BCUT2D eigenvalue weighted by Crippen LogP contribution is 2.45. The summed E-state index contributed by atoms with van der Waals surface area (Å²) in [7, 11) is 2.18. The molecular weight excluding hydrogens is 248 g/mol. The second-order valence-electron chi connectivity index (χ2n) is 6.28. The topological polar surface area (TPSA) is 32.7 Å². The standard InChI is InChI=1S/C17H22N2O/c1-19-11-8-14(12-19)15-6-2-3-7-16(15)17(18-13-20)9-4-5-10-17/h2-3,6-7,14H,4-5,8-12H2,1H3. The molecule has 1 aliphatic heterocycles. The molecule has 0 amide bonds. The van der Waals surface area contributed by atoms with Gasteiger partial charge in [0.1, 0.15) is 0 Å². The van der Waals surface area contributed by atoms with E-state index in [4.69, 9.17) is 0 Å². The lowest BCUT2D eigenvalue weighted by molar-refractivity contribution is 0.408. The molecule has 3 rings (SSSR count). The molecule has 0 N–H and O–H groups in total. The first-order valence-corrected chi connectivity index (χ1v) is 7.62. The van der Waals surface area contributed by atoms with Crippen LogP contribution in [0.3, 0.4) is 0 Å². The van der Waals surface area contributed by atoms with Crippen molar-refractivity contribution >= 4 is 6.08 Å². The highest BCUT2D eigenvalue weighted by atomic mass is 16.1. The van der Waals surface area contributed by atoms with Crippen molar-refractivity contribution in [3.63, 3.8) is 0 Å². The number of nitrogens with zero attached hydrogens (tertiary/aromatic N) is 2. The van der Waals surface area contributed by atoms with E-state index in [2.05, 4.69) is 41.2 Å². The van der Waals surface area contributed by atoms with E-state index in [-0.39, 0.29) is 5.54 Å². The van der Waals surface area contributed by atoms with Gasteiger partial charge in [-0.15, -0.1) is 0 Å². The van der Waals surface area contributed by atoms with Gasteiger partial charge in [0, 0.05) is 6.54 Å². The van der Waals surface area contributed by atoms with Crippen LogP contribution in [-0.4, -0.2) is 31.1 Å². The van der Waals surface area contributed by atoms with Gasteiger partial charge in [-0.2, -0.15) is 4.99 Å². The molecule has 0 radical (unpaired) electrons. The van der Waals surface area contributed by atoms with Crippen LogP contribution in [0.4, 0.5) is 0 Å². The maximum absolute atomic E-state index is 10.9. The molecule has 2 aliphatic rings. The minimum atomic E-state index is -0.292. The third-order valence-corrected chi connectivity index (χ3v) is 4.98. The molecule has 2 fully saturated rings. The zero-order valence-electron chi connectivity index (χ0n) is 12.1. The summed E-state index contributed by atoms with van der Waals surface area (Å²) in [5, 5.41) is 0. The van der Waals surface area contributed by atoms with Crippen LogP contribution in [-0.2, 0) is 10.3 Å². The molecule has 1 unspecified atom stereocenters. The number of aliphatic imine (C=N–C) groups is 1. The second kappa shape index (κ2) is 5.51. The van der Waals surface area contributed by atoms with Crippen molar-refractivity contribution in [1.82, 2.24) is 4.90 Å². The van der Waals surface area contributed by atoms with Crippen LogP contribution in [0.15, 0.2) is 29.3 Å². The molecule has 0 spiro atoms. The van der Waals surface area contributed by atoms with Crippen molar-refractivity contribution in [3.8, 4) is 0 Å². The Bertz CT molecular complexity index is 528. The molecule has 3 nitrogen and oxygen atoms in total. The number of likely N-dealkylation sites (tertiary alicyclic amines) is 1. The highest BCUT2D eigenvalue weighted by Gasteiger charge is 2.38. The van der Waals surface area contributed by atoms with Crippen molar-refractivity contribution in [1.29, 1.82) is 0 Å². The monoisotopic (exact) mass is 270 g/mol. The lowest BCUT2D eigenvalue weighted by Crippen LogP contribution is -2.23. The molecule has 1 aliphatic carbocycles. The van der Waals surface area contributed by atoms with Crippen LogP contribution >= 0.6 is 0 Å². The van der Waals surface area contributed by atoms with Gasteiger partial charge < -0.3 is 4.90 Å². The molecule has 1 aromatic rings. The average Bonchev–Trinajstić information content (AvgIpc) is 3.09. The first-order chi connectivity index (χ1) is 9.75. The Hall–Kier alpha value is -1.44. The maximum Gasteiger partial charge on any atom is 0.235 e. The van der Waals surface area contributed by atoms with E-state index in [1.165, 1.54) is 17.5 Å². The fourth-order valence-electron chi connectivity index (χ4n) is 3.95. The predicted molar refractivity (Wildman–Crippen MR) is 79.6 cm³/mol. The zero-order chi connectivity index (χ0) is 14.0. The van der Waals surface area contributed by atoms with Crippen molar-refractivity contribution < 1.29 is 4.79 Å². The van der Waals surface area contributed by atoms with Crippen LogP contribution in [0, 0.1) is 0 Å². The smallest absolute Gasteiger partial charge is 0.235 e. The Labute approximate surface area is 120 Å². The number of benzene rings is 1. The Kier molecular flexibility index (Phi) is 3.73.